The highest BCUT2D eigenvalue weighted by atomic mass is 15.1. The fourth-order valence-electron chi connectivity index (χ4n) is 3.53. The van der Waals surface area contributed by atoms with Crippen molar-refractivity contribution in [2.24, 2.45) is 0 Å². The summed E-state index contributed by atoms with van der Waals surface area (Å²) in [6.07, 6.45) is 5.28. The van der Waals surface area contributed by atoms with E-state index in [0.717, 1.165) is 6.54 Å². The third-order valence-electron chi connectivity index (χ3n) is 4.96. The summed E-state index contributed by atoms with van der Waals surface area (Å²) in [6, 6.07) is 9.76. The topological polar surface area (TPSA) is 18.5 Å². The number of hydrogen-bond donors (Lipinski definition) is 1. The third-order valence-corrected chi connectivity index (χ3v) is 4.96. The minimum absolute atomic E-state index is 0.650. The summed E-state index contributed by atoms with van der Waals surface area (Å²) in [7, 11) is 0. The first-order valence-electron chi connectivity index (χ1n) is 8.63. The van der Waals surface area contributed by atoms with Crippen molar-refractivity contribution in [3.05, 3.63) is 29.8 Å². The first-order chi connectivity index (χ1) is 10.3. The van der Waals surface area contributed by atoms with Crippen molar-refractivity contribution in [2.75, 3.05) is 38.0 Å². The zero-order valence-electron chi connectivity index (χ0n) is 13.4. The van der Waals surface area contributed by atoms with Crippen LogP contribution in [0.5, 0.6) is 0 Å². The van der Waals surface area contributed by atoms with Gasteiger partial charge in [0, 0.05) is 31.4 Å². The maximum absolute atomic E-state index is 3.71. The largest absolute Gasteiger partial charge is 0.382 e. The van der Waals surface area contributed by atoms with Crippen LogP contribution in [0.15, 0.2) is 24.3 Å². The molecule has 2 fully saturated rings. The first kappa shape index (κ1) is 14.9. The Morgan fingerprint density at radius 2 is 1.62 bits per heavy atom. The van der Waals surface area contributed by atoms with Gasteiger partial charge in [0.05, 0.1) is 0 Å². The number of hydrogen-bond acceptors (Lipinski definition) is 3. The molecule has 2 saturated heterocycles. The van der Waals surface area contributed by atoms with E-state index >= 15 is 0 Å². The second kappa shape index (κ2) is 7.28. The highest BCUT2D eigenvalue weighted by Crippen LogP contribution is 2.18. The average Bonchev–Trinajstić information content (AvgIpc) is 3.03. The molecule has 0 amide bonds. The number of nitrogens with zero attached hydrogens (tertiary/aromatic N) is 2. The van der Waals surface area contributed by atoms with E-state index < -0.39 is 0 Å². The number of anilines is 1. The van der Waals surface area contributed by atoms with Crippen LogP contribution in [0.4, 0.5) is 5.69 Å². The minimum atomic E-state index is 0.650. The average molecular weight is 287 g/mol. The molecule has 2 heterocycles. The van der Waals surface area contributed by atoms with Gasteiger partial charge in [-0.2, -0.15) is 0 Å². The van der Waals surface area contributed by atoms with Crippen molar-refractivity contribution in [2.45, 2.75) is 45.2 Å². The van der Waals surface area contributed by atoms with Crippen molar-refractivity contribution in [3.63, 3.8) is 0 Å². The number of piperidine rings is 1. The highest BCUT2D eigenvalue weighted by molar-refractivity contribution is 5.45. The molecule has 0 spiro atoms. The highest BCUT2D eigenvalue weighted by Gasteiger charge is 2.17. The predicted octanol–water partition coefficient (Wildman–Crippen LogP) is 3.18. The summed E-state index contributed by atoms with van der Waals surface area (Å²) in [4.78, 5) is 5.10. The number of rotatable bonds is 5. The molecule has 0 atom stereocenters. The van der Waals surface area contributed by atoms with Crippen molar-refractivity contribution in [1.82, 2.24) is 9.80 Å². The van der Waals surface area contributed by atoms with Crippen LogP contribution in [-0.4, -0.2) is 48.6 Å². The maximum atomic E-state index is 3.71. The summed E-state index contributed by atoms with van der Waals surface area (Å²) >= 11 is 0. The molecule has 3 nitrogen and oxygen atoms in total. The van der Waals surface area contributed by atoms with Crippen LogP contribution >= 0.6 is 0 Å². The van der Waals surface area contributed by atoms with Gasteiger partial charge in [-0.25, -0.2) is 0 Å². The predicted molar refractivity (Wildman–Crippen MR) is 89.7 cm³/mol. The molecule has 0 radical (unpaired) electrons. The second-order valence-electron chi connectivity index (χ2n) is 6.53. The van der Waals surface area contributed by atoms with E-state index in [1.54, 1.807) is 0 Å². The molecule has 2 aliphatic rings. The minimum Gasteiger partial charge on any atom is -0.382 e. The second-order valence-corrected chi connectivity index (χ2v) is 6.53. The van der Waals surface area contributed by atoms with E-state index in [1.807, 2.05) is 0 Å². The molecule has 0 aliphatic carbocycles. The summed E-state index contributed by atoms with van der Waals surface area (Å²) in [5.74, 6) is 0. The Labute approximate surface area is 129 Å². The van der Waals surface area contributed by atoms with E-state index in [2.05, 4.69) is 46.3 Å². The number of benzene rings is 1. The molecule has 0 aromatic heterocycles. The molecule has 116 valence electrons. The molecule has 21 heavy (non-hydrogen) atoms. The fraction of sp³-hybridized carbons (Fsp3) is 0.667. The van der Waals surface area contributed by atoms with Crippen molar-refractivity contribution in [3.8, 4) is 0 Å². The van der Waals surface area contributed by atoms with E-state index in [-0.39, 0.29) is 0 Å². The quantitative estimate of drug-likeness (QED) is 0.897. The van der Waals surface area contributed by atoms with Crippen LogP contribution in [0, 0.1) is 0 Å². The standard InChI is InChI=1S/C18H29N3/c1-2-20-13-9-18(10-14-20)19-17-7-5-16(6-8-17)15-21-11-3-4-12-21/h5-8,18-19H,2-4,9-15H2,1H3. The molecule has 0 saturated carbocycles. The Balaban J connectivity index is 1.48. The van der Waals surface area contributed by atoms with Gasteiger partial charge in [0.1, 0.15) is 0 Å². The smallest absolute Gasteiger partial charge is 0.0342 e. The molecule has 2 aliphatic heterocycles. The van der Waals surface area contributed by atoms with Crippen LogP contribution in [0.3, 0.4) is 0 Å². The molecule has 0 bridgehead atoms. The Bertz CT molecular complexity index is 415. The van der Waals surface area contributed by atoms with Crippen LogP contribution in [-0.2, 0) is 6.54 Å². The van der Waals surface area contributed by atoms with Gasteiger partial charge in [0.2, 0.25) is 0 Å². The lowest BCUT2D eigenvalue weighted by Gasteiger charge is -2.32. The molecular weight excluding hydrogens is 258 g/mol. The Morgan fingerprint density at radius 3 is 2.24 bits per heavy atom. The zero-order chi connectivity index (χ0) is 14.5. The molecule has 1 aromatic rings. The van der Waals surface area contributed by atoms with Gasteiger partial charge >= 0.3 is 0 Å². The normalized spacial score (nSPS) is 21.8. The molecule has 3 heteroatoms. The summed E-state index contributed by atoms with van der Waals surface area (Å²) < 4.78 is 0. The molecule has 3 rings (SSSR count). The number of nitrogens with one attached hydrogen (secondary N) is 1. The van der Waals surface area contributed by atoms with Gasteiger partial charge in [-0.3, -0.25) is 4.90 Å². The van der Waals surface area contributed by atoms with E-state index in [4.69, 9.17) is 0 Å². The maximum Gasteiger partial charge on any atom is 0.0342 e. The van der Waals surface area contributed by atoms with Gasteiger partial charge in [-0.05, 0) is 63.0 Å². The van der Waals surface area contributed by atoms with Gasteiger partial charge in [0.25, 0.3) is 0 Å². The Hall–Kier alpha value is -1.06. The van der Waals surface area contributed by atoms with Gasteiger partial charge in [-0.1, -0.05) is 19.1 Å². The number of likely N-dealkylation sites (tertiary alicyclic amines) is 2. The van der Waals surface area contributed by atoms with Crippen LogP contribution in [0.25, 0.3) is 0 Å². The third kappa shape index (κ3) is 4.21. The molecular formula is C18H29N3. The van der Waals surface area contributed by atoms with Crippen molar-refractivity contribution < 1.29 is 0 Å². The van der Waals surface area contributed by atoms with E-state index in [0.29, 0.717) is 6.04 Å². The van der Waals surface area contributed by atoms with Crippen LogP contribution in [0.2, 0.25) is 0 Å². The van der Waals surface area contributed by atoms with Crippen LogP contribution in [0.1, 0.15) is 38.2 Å². The van der Waals surface area contributed by atoms with Gasteiger partial charge < -0.3 is 10.2 Å². The zero-order valence-corrected chi connectivity index (χ0v) is 13.4. The Kier molecular flexibility index (Phi) is 5.15. The monoisotopic (exact) mass is 287 g/mol. The molecule has 0 unspecified atom stereocenters. The van der Waals surface area contributed by atoms with Crippen molar-refractivity contribution >= 4 is 5.69 Å². The van der Waals surface area contributed by atoms with E-state index in [1.165, 1.54) is 69.7 Å². The lowest BCUT2D eigenvalue weighted by atomic mass is 10.0. The molecule has 1 aromatic carbocycles. The van der Waals surface area contributed by atoms with E-state index in [9.17, 15) is 0 Å². The van der Waals surface area contributed by atoms with Crippen molar-refractivity contribution in [1.29, 1.82) is 0 Å². The van der Waals surface area contributed by atoms with Crippen LogP contribution < -0.4 is 5.32 Å². The lowest BCUT2D eigenvalue weighted by molar-refractivity contribution is 0.229. The lowest BCUT2D eigenvalue weighted by Crippen LogP contribution is -2.38. The SMILES string of the molecule is CCN1CCC(Nc2ccc(CN3CCCC3)cc2)CC1. The fourth-order valence-corrected chi connectivity index (χ4v) is 3.53. The summed E-state index contributed by atoms with van der Waals surface area (Å²) in [5, 5.41) is 3.71. The first-order valence-corrected chi connectivity index (χ1v) is 8.63. The van der Waals surface area contributed by atoms with Gasteiger partial charge in [-0.15, -0.1) is 0 Å². The Morgan fingerprint density at radius 1 is 0.952 bits per heavy atom. The summed E-state index contributed by atoms with van der Waals surface area (Å²) in [5.41, 5.74) is 2.73. The molecule has 1 N–H and O–H groups in total. The van der Waals surface area contributed by atoms with Gasteiger partial charge in [0.15, 0.2) is 0 Å². The summed E-state index contributed by atoms with van der Waals surface area (Å²) in [6.45, 7) is 9.59.